The number of nitrogens with zero attached hydrogens (tertiary/aromatic N) is 1. The summed E-state index contributed by atoms with van der Waals surface area (Å²) in [5.74, 6) is -0.803. The van der Waals surface area contributed by atoms with Crippen molar-refractivity contribution in [3.63, 3.8) is 0 Å². The first-order chi connectivity index (χ1) is 9.99. The second-order valence-corrected chi connectivity index (χ2v) is 4.50. The average Bonchev–Trinajstić information content (AvgIpc) is 2.95. The van der Waals surface area contributed by atoms with Crippen LogP contribution in [0.25, 0.3) is 0 Å². The van der Waals surface area contributed by atoms with Crippen LogP contribution in [-0.2, 0) is 6.54 Å². The Morgan fingerprint density at radius 1 is 1.38 bits per heavy atom. The van der Waals surface area contributed by atoms with Crippen LogP contribution < -0.4 is 5.32 Å². The van der Waals surface area contributed by atoms with E-state index in [0.717, 1.165) is 0 Å². The van der Waals surface area contributed by atoms with Gasteiger partial charge in [0.15, 0.2) is 0 Å². The van der Waals surface area contributed by atoms with Crippen molar-refractivity contribution in [2.45, 2.75) is 19.5 Å². The standard InChI is InChI=1S/C14H14N2O5/c1-9(12-6-7-13(21-12)14(17)18)15-8-10-4-2-3-5-11(10)16(19)20/h2-7,9,15H,8H2,1H3,(H,17,18). The number of carbonyl (C=O) groups is 1. The Hall–Kier alpha value is -2.67. The van der Waals surface area contributed by atoms with E-state index >= 15 is 0 Å². The molecule has 0 spiro atoms. The van der Waals surface area contributed by atoms with Gasteiger partial charge in [-0.05, 0) is 19.1 Å². The Bertz CT molecular complexity index is 665. The van der Waals surface area contributed by atoms with Crippen molar-refractivity contribution in [2.75, 3.05) is 0 Å². The van der Waals surface area contributed by atoms with Crippen LogP contribution in [0.2, 0.25) is 0 Å². The molecule has 2 rings (SSSR count). The topological polar surface area (TPSA) is 106 Å². The molecule has 1 atom stereocenters. The number of para-hydroxylation sites is 1. The van der Waals surface area contributed by atoms with E-state index in [-0.39, 0.29) is 24.0 Å². The predicted octanol–water partition coefficient (Wildman–Crippen LogP) is 2.74. The van der Waals surface area contributed by atoms with E-state index in [1.165, 1.54) is 12.1 Å². The minimum Gasteiger partial charge on any atom is -0.475 e. The molecule has 7 nitrogen and oxygen atoms in total. The predicted molar refractivity (Wildman–Crippen MR) is 74.0 cm³/mol. The van der Waals surface area contributed by atoms with Crippen LogP contribution in [0.5, 0.6) is 0 Å². The van der Waals surface area contributed by atoms with E-state index in [2.05, 4.69) is 5.32 Å². The van der Waals surface area contributed by atoms with Crippen LogP contribution in [-0.4, -0.2) is 16.0 Å². The number of furan rings is 1. The number of nitro groups is 1. The van der Waals surface area contributed by atoms with Crippen molar-refractivity contribution in [1.82, 2.24) is 5.32 Å². The van der Waals surface area contributed by atoms with Gasteiger partial charge in [0.2, 0.25) is 5.76 Å². The van der Waals surface area contributed by atoms with Crippen LogP contribution in [0.15, 0.2) is 40.8 Å². The van der Waals surface area contributed by atoms with Crippen LogP contribution in [0.1, 0.15) is 34.8 Å². The van der Waals surface area contributed by atoms with Gasteiger partial charge in [0, 0.05) is 18.2 Å². The summed E-state index contributed by atoms with van der Waals surface area (Å²) >= 11 is 0. The molecule has 0 saturated carbocycles. The summed E-state index contributed by atoms with van der Waals surface area (Å²) in [6.45, 7) is 2.07. The van der Waals surface area contributed by atoms with Crippen LogP contribution in [0.3, 0.4) is 0 Å². The molecular formula is C14H14N2O5. The van der Waals surface area contributed by atoms with Gasteiger partial charge in [-0.3, -0.25) is 10.1 Å². The van der Waals surface area contributed by atoms with E-state index in [1.54, 1.807) is 31.2 Å². The SMILES string of the molecule is CC(NCc1ccccc1[N+](=O)[O-])c1ccc(C(=O)O)o1. The second-order valence-electron chi connectivity index (χ2n) is 4.50. The summed E-state index contributed by atoms with van der Waals surface area (Å²) in [5, 5.41) is 22.8. The van der Waals surface area contributed by atoms with E-state index < -0.39 is 10.9 Å². The Morgan fingerprint density at radius 3 is 2.71 bits per heavy atom. The molecule has 110 valence electrons. The molecule has 0 aliphatic rings. The number of aromatic carboxylic acids is 1. The van der Waals surface area contributed by atoms with Gasteiger partial charge in [-0.25, -0.2) is 4.79 Å². The smallest absolute Gasteiger partial charge is 0.371 e. The number of hydrogen-bond acceptors (Lipinski definition) is 5. The maximum absolute atomic E-state index is 10.9. The fraction of sp³-hybridized carbons (Fsp3) is 0.214. The van der Waals surface area contributed by atoms with Crippen molar-refractivity contribution in [1.29, 1.82) is 0 Å². The highest BCUT2D eigenvalue weighted by atomic mass is 16.6. The van der Waals surface area contributed by atoms with Gasteiger partial charge < -0.3 is 14.8 Å². The minimum atomic E-state index is -1.13. The van der Waals surface area contributed by atoms with Gasteiger partial charge in [0.05, 0.1) is 11.0 Å². The molecule has 0 amide bonds. The summed E-state index contributed by atoms with van der Waals surface area (Å²) < 4.78 is 5.18. The molecule has 0 bridgehead atoms. The number of hydrogen-bond donors (Lipinski definition) is 2. The Balaban J connectivity index is 2.05. The number of rotatable bonds is 6. The minimum absolute atomic E-state index is 0.0443. The number of benzene rings is 1. The summed E-state index contributed by atoms with van der Waals surface area (Å²) in [4.78, 5) is 21.2. The molecule has 1 aromatic carbocycles. The summed E-state index contributed by atoms with van der Waals surface area (Å²) in [5.41, 5.74) is 0.599. The molecule has 0 saturated heterocycles. The highest BCUT2D eigenvalue weighted by Crippen LogP contribution is 2.20. The molecule has 0 aliphatic heterocycles. The molecule has 21 heavy (non-hydrogen) atoms. The lowest BCUT2D eigenvalue weighted by Gasteiger charge is -2.11. The van der Waals surface area contributed by atoms with E-state index in [1.807, 2.05) is 0 Å². The van der Waals surface area contributed by atoms with Crippen molar-refractivity contribution >= 4 is 11.7 Å². The van der Waals surface area contributed by atoms with Crippen molar-refractivity contribution in [3.05, 3.63) is 63.6 Å². The third kappa shape index (κ3) is 3.46. The lowest BCUT2D eigenvalue weighted by atomic mass is 10.1. The van der Waals surface area contributed by atoms with E-state index in [4.69, 9.17) is 9.52 Å². The molecular weight excluding hydrogens is 276 g/mol. The van der Waals surface area contributed by atoms with Gasteiger partial charge in [0.1, 0.15) is 5.76 Å². The Morgan fingerprint density at radius 2 is 2.10 bits per heavy atom. The number of nitro benzene ring substituents is 1. The zero-order valence-corrected chi connectivity index (χ0v) is 11.3. The fourth-order valence-corrected chi connectivity index (χ4v) is 1.90. The lowest BCUT2D eigenvalue weighted by molar-refractivity contribution is -0.385. The van der Waals surface area contributed by atoms with Gasteiger partial charge in [0.25, 0.3) is 5.69 Å². The summed E-state index contributed by atoms with van der Waals surface area (Å²) in [7, 11) is 0. The first-order valence-electron chi connectivity index (χ1n) is 6.27. The van der Waals surface area contributed by atoms with Gasteiger partial charge in [-0.15, -0.1) is 0 Å². The molecule has 0 fully saturated rings. The molecule has 0 radical (unpaired) electrons. The third-order valence-electron chi connectivity index (χ3n) is 3.05. The molecule has 2 N–H and O–H groups in total. The van der Waals surface area contributed by atoms with Crippen LogP contribution in [0, 0.1) is 10.1 Å². The highest BCUT2D eigenvalue weighted by molar-refractivity contribution is 5.84. The highest BCUT2D eigenvalue weighted by Gasteiger charge is 2.16. The monoisotopic (exact) mass is 290 g/mol. The van der Waals surface area contributed by atoms with Crippen LogP contribution in [0.4, 0.5) is 5.69 Å². The number of carboxylic acid groups (broad SMARTS) is 1. The van der Waals surface area contributed by atoms with Crippen molar-refractivity contribution < 1.29 is 19.2 Å². The summed E-state index contributed by atoms with van der Waals surface area (Å²) in [6, 6.07) is 9.12. The Kier molecular flexibility index (Phi) is 4.34. The maximum Gasteiger partial charge on any atom is 0.371 e. The van der Waals surface area contributed by atoms with Crippen molar-refractivity contribution in [2.24, 2.45) is 0 Å². The summed E-state index contributed by atoms with van der Waals surface area (Å²) in [6.07, 6.45) is 0. The molecule has 2 aromatic rings. The van der Waals surface area contributed by atoms with Gasteiger partial charge in [-0.1, -0.05) is 18.2 Å². The lowest BCUT2D eigenvalue weighted by Crippen LogP contribution is -2.18. The zero-order chi connectivity index (χ0) is 15.4. The first-order valence-corrected chi connectivity index (χ1v) is 6.27. The molecule has 1 unspecified atom stereocenters. The Labute approximate surface area is 120 Å². The normalized spacial score (nSPS) is 12.0. The van der Waals surface area contributed by atoms with Crippen LogP contribution >= 0.6 is 0 Å². The van der Waals surface area contributed by atoms with Gasteiger partial charge in [-0.2, -0.15) is 0 Å². The maximum atomic E-state index is 10.9. The van der Waals surface area contributed by atoms with E-state index in [9.17, 15) is 14.9 Å². The number of carboxylic acids is 1. The average molecular weight is 290 g/mol. The van der Waals surface area contributed by atoms with Crippen molar-refractivity contribution in [3.8, 4) is 0 Å². The zero-order valence-electron chi connectivity index (χ0n) is 11.3. The fourth-order valence-electron chi connectivity index (χ4n) is 1.90. The molecule has 1 aromatic heterocycles. The molecule has 0 aliphatic carbocycles. The molecule has 1 heterocycles. The quantitative estimate of drug-likeness (QED) is 0.626. The largest absolute Gasteiger partial charge is 0.475 e. The second kappa shape index (κ2) is 6.19. The first kappa shape index (κ1) is 14.7. The third-order valence-corrected chi connectivity index (χ3v) is 3.05. The van der Waals surface area contributed by atoms with Gasteiger partial charge >= 0.3 is 5.97 Å². The molecule has 7 heteroatoms. The number of nitrogens with one attached hydrogen (secondary N) is 1. The van der Waals surface area contributed by atoms with E-state index in [0.29, 0.717) is 11.3 Å².